The first-order chi connectivity index (χ1) is 18.8. The topological polar surface area (TPSA) is 6.25 Å². The first-order valence-electron chi connectivity index (χ1n) is 12.8. The molecule has 0 saturated carbocycles. The molecule has 1 saturated heterocycles. The van der Waals surface area contributed by atoms with Gasteiger partial charge in [-0.15, -0.1) is 0 Å². The Hall–Kier alpha value is -2.94. The first kappa shape index (κ1) is 31.0. The van der Waals surface area contributed by atoms with Crippen molar-refractivity contribution in [3.63, 3.8) is 0 Å². The van der Waals surface area contributed by atoms with E-state index in [0.29, 0.717) is 5.56 Å². The third-order valence-electron chi connectivity index (χ3n) is 6.98. The molecule has 0 unspecified atom stereocenters. The zero-order chi connectivity index (χ0) is 30.3. The van der Waals surface area contributed by atoms with Crippen LogP contribution in [0, 0.1) is 17.5 Å². The summed E-state index contributed by atoms with van der Waals surface area (Å²) in [6.07, 6.45) is 6.65. The van der Waals surface area contributed by atoms with Crippen molar-refractivity contribution in [2.24, 2.45) is 0 Å². The molecule has 0 amide bonds. The van der Waals surface area contributed by atoms with Gasteiger partial charge in [0.2, 0.25) is 5.69 Å². The van der Waals surface area contributed by atoms with Crippen LogP contribution in [-0.2, 0) is 12.0 Å². The summed E-state index contributed by atoms with van der Waals surface area (Å²) in [5, 5.41) is 0. The predicted molar refractivity (Wildman–Crippen MR) is 144 cm³/mol. The number of allylic oxidation sites excluding steroid dienone is 1. The molecule has 2 aliphatic heterocycles. The molecule has 0 N–H and O–H groups in total. The summed E-state index contributed by atoms with van der Waals surface area (Å²) in [6.45, 7) is 6.75. The van der Waals surface area contributed by atoms with E-state index in [9.17, 15) is 30.0 Å². The number of hydrogen-bond donors (Lipinski definition) is 0. The average molecular weight is 697 g/mol. The number of anilines is 1. The van der Waals surface area contributed by atoms with Crippen molar-refractivity contribution in [2.45, 2.75) is 38.6 Å². The second-order valence-electron chi connectivity index (χ2n) is 10.6. The molecule has 12 heteroatoms. The zero-order valence-electron chi connectivity index (χ0n) is 22.2. The molecule has 3 aromatic carbocycles. The van der Waals surface area contributed by atoms with Gasteiger partial charge in [-0.2, -0.15) is 4.58 Å². The van der Waals surface area contributed by atoms with Crippen LogP contribution in [0.3, 0.4) is 0 Å². The number of benzene rings is 3. The second kappa shape index (κ2) is 10.4. The van der Waals surface area contributed by atoms with E-state index in [1.807, 2.05) is 18.2 Å². The van der Waals surface area contributed by atoms with Crippen molar-refractivity contribution >= 4 is 42.6 Å². The molecule has 41 heavy (non-hydrogen) atoms. The van der Waals surface area contributed by atoms with Gasteiger partial charge in [-0.05, 0) is 62.6 Å². The predicted octanol–water partition coefficient (Wildman–Crippen LogP) is 9.13. The Bertz CT molecular complexity index is 1470. The van der Waals surface area contributed by atoms with Gasteiger partial charge in [-0.25, -0.2) is 13.2 Å². The number of halogens is 9. The van der Waals surface area contributed by atoms with Crippen molar-refractivity contribution in [1.82, 2.24) is 0 Å². The van der Waals surface area contributed by atoms with E-state index < -0.39 is 36.9 Å². The summed E-state index contributed by atoms with van der Waals surface area (Å²) < 4.78 is 103. The van der Waals surface area contributed by atoms with Crippen molar-refractivity contribution in [3.8, 4) is 0 Å². The van der Waals surface area contributed by atoms with E-state index >= 15 is 0 Å². The van der Waals surface area contributed by atoms with Crippen LogP contribution in [0.1, 0.15) is 43.4 Å². The van der Waals surface area contributed by atoms with Gasteiger partial charge in [0.15, 0.2) is 29.7 Å². The third kappa shape index (κ3) is 8.30. The Kier molecular flexibility index (Phi) is 7.87. The van der Waals surface area contributed by atoms with Gasteiger partial charge in [0, 0.05) is 42.0 Å². The van der Waals surface area contributed by atoms with Gasteiger partial charge in [0.25, 0.3) is 0 Å². The molecule has 0 radical (unpaired) electrons. The normalized spacial score (nSPS) is 18.2. The molecule has 0 spiro atoms. The fourth-order valence-electron chi connectivity index (χ4n) is 5.14. The van der Waals surface area contributed by atoms with E-state index in [4.69, 9.17) is 0 Å². The number of fused-ring (bicyclic) bond motifs is 1. The molecular weight excluding hydrogens is 669 g/mol. The summed E-state index contributed by atoms with van der Waals surface area (Å²) in [4.78, 5) is 2.40. The number of nitrogens with zero attached hydrogens (tertiary/aromatic N) is 2. The second-order valence-corrected chi connectivity index (χ2v) is 16.0. The summed E-state index contributed by atoms with van der Waals surface area (Å²) >= 11 is -11.2. The van der Waals surface area contributed by atoms with Crippen LogP contribution in [-0.4, -0.2) is 42.9 Å². The molecule has 222 valence electrons. The molecule has 3 aromatic rings. The van der Waals surface area contributed by atoms with Crippen LogP contribution in [0.2, 0.25) is 0 Å². The van der Waals surface area contributed by atoms with E-state index in [1.165, 1.54) is 18.5 Å². The molecule has 0 bridgehead atoms. The average Bonchev–Trinajstić information content (AvgIpc) is 3.46. The van der Waals surface area contributed by atoms with E-state index in [1.54, 1.807) is 0 Å². The standard InChI is InChI=1S/C29H28F3N2.6FH.Sb/c1-29(2)23-7-3-4-8-26(23)34(19-21-17-24(30)28(32)25(31)18-21)27(29)14-11-20-9-12-22(13-10-20)33-15-5-6-16-33;;;;;;;/h3-4,7-14,17-18H,5-6,15-16,19H2,1-2H3;6*1H;/q+1;;;;;;;+5/p-6. The van der Waals surface area contributed by atoms with Gasteiger partial charge in [0.05, 0.1) is 5.41 Å². The number of rotatable bonds is 5. The fourth-order valence-corrected chi connectivity index (χ4v) is 5.14. The van der Waals surface area contributed by atoms with Crippen LogP contribution in [0.5, 0.6) is 0 Å². The Morgan fingerprint density at radius 2 is 1.34 bits per heavy atom. The summed E-state index contributed by atoms with van der Waals surface area (Å²) in [5.41, 5.74) is 5.55. The summed E-state index contributed by atoms with van der Waals surface area (Å²) in [6, 6.07) is 18.8. The first-order valence-corrected chi connectivity index (χ1v) is 18.6. The van der Waals surface area contributed by atoms with Crippen molar-refractivity contribution in [1.29, 1.82) is 0 Å². The van der Waals surface area contributed by atoms with Crippen molar-refractivity contribution < 1.29 is 34.6 Å². The van der Waals surface area contributed by atoms with Crippen LogP contribution in [0.25, 0.3) is 6.08 Å². The molecule has 5 rings (SSSR count). The SMILES string of the molecule is CC1(C)C(/C=C/c2ccc(N3CCCC3)cc2)=[N+](Cc2cc(F)c(F)c(F)c2)c2ccccc21.[F][Sb-]([F])([F])([F])([F])[F]. The van der Waals surface area contributed by atoms with Gasteiger partial charge in [0.1, 0.15) is 0 Å². The zero-order valence-corrected chi connectivity index (χ0v) is 24.8. The molecule has 2 aliphatic rings. The maximum atomic E-state index is 13.9. The van der Waals surface area contributed by atoms with Crippen molar-refractivity contribution in [2.75, 3.05) is 18.0 Å². The number of para-hydroxylation sites is 1. The molecule has 0 aliphatic carbocycles. The van der Waals surface area contributed by atoms with Crippen LogP contribution in [0.15, 0.2) is 66.7 Å². The molecule has 2 nitrogen and oxygen atoms in total. The monoisotopic (exact) mass is 696 g/mol. The van der Waals surface area contributed by atoms with Crippen LogP contribution >= 0.6 is 0 Å². The minimum atomic E-state index is -11.2. The minimum absolute atomic E-state index is 0.238. The van der Waals surface area contributed by atoms with Crippen molar-refractivity contribution in [3.05, 3.63) is 101 Å². The van der Waals surface area contributed by atoms with Gasteiger partial charge < -0.3 is 4.90 Å². The summed E-state index contributed by atoms with van der Waals surface area (Å²) in [7, 11) is 0. The van der Waals surface area contributed by atoms with Gasteiger partial charge in [-0.1, -0.05) is 30.3 Å². The van der Waals surface area contributed by atoms with E-state index in [-0.39, 0.29) is 12.0 Å². The fraction of sp³-hybridized carbons (Fsp3) is 0.276. The van der Waals surface area contributed by atoms with Gasteiger partial charge in [-0.3, -0.25) is 0 Å². The van der Waals surface area contributed by atoms with E-state index in [0.717, 1.165) is 47.7 Å². The maximum absolute atomic E-state index is 13.9. The molecule has 1 fully saturated rings. The van der Waals surface area contributed by atoms with Gasteiger partial charge >= 0.3 is 36.4 Å². The molecule has 0 aromatic heterocycles. The molecular formula is C29H28F9N2Sb. The van der Waals surface area contributed by atoms with Crippen LogP contribution in [0.4, 0.5) is 41.4 Å². The quantitative estimate of drug-likeness (QED) is 0.112. The Morgan fingerprint density at radius 3 is 1.90 bits per heavy atom. The Balaban J connectivity index is 0.000000493. The summed E-state index contributed by atoms with van der Waals surface area (Å²) in [5.74, 6) is -3.78. The molecule has 2 heterocycles. The molecule has 0 atom stereocenters. The van der Waals surface area contributed by atoms with Crippen LogP contribution < -0.4 is 4.90 Å². The Morgan fingerprint density at radius 1 is 0.805 bits per heavy atom. The number of hydrogen-bond acceptors (Lipinski definition) is 1. The Labute approximate surface area is 234 Å². The third-order valence-corrected chi connectivity index (χ3v) is 6.98. The van der Waals surface area contributed by atoms with E-state index in [2.05, 4.69) is 65.8 Å².